The maximum Gasteiger partial charge on any atom is 0.263 e. The van der Waals surface area contributed by atoms with Crippen molar-refractivity contribution in [2.24, 2.45) is 0 Å². The van der Waals surface area contributed by atoms with Crippen molar-refractivity contribution in [1.29, 1.82) is 0 Å². The molecule has 1 amide bonds. The highest BCUT2D eigenvalue weighted by molar-refractivity contribution is 7.17. The number of hydrogen-bond donors (Lipinski definition) is 2. The molecule has 0 saturated carbocycles. The lowest BCUT2D eigenvalue weighted by atomic mass is 10.00. The highest BCUT2D eigenvalue weighted by atomic mass is 32.1. The van der Waals surface area contributed by atoms with Gasteiger partial charge in [0.25, 0.3) is 5.91 Å². The number of amides is 1. The minimum atomic E-state index is -0.279. The van der Waals surface area contributed by atoms with Crippen LogP contribution in [0.4, 0.5) is 4.39 Å². The first-order chi connectivity index (χ1) is 11.0. The predicted octanol–water partition coefficient (Wildman–Crippen LogP) is 3.13. The fourth-order valence-electron chi connectivity index (χ4n) is 2.80. The Labute approximate surface area is 139 Å². The Morgan fingerprint density at radius 2 is 2.13 bits per heavy atom. The summed E-state index contributed by atoms with van der Waals surface area (Å²) >= 11 is 1.35. The lowest BCUT2D eigenvalue weighted by molar-refractivity contribution is 0.0923. The smallest absolute Gasteiger partial charge is 0.263 e. The van der Waals surface area contributed by atoms with E-state index in [9.17, 15) is 9.18 Å². The summed E-state index contributed by atoms with van der Waals surface area (Å²) in [6, 6.07) is 6.59. The van der Waals surface area contributed by atoms with Crippen molar-refractivity contribution in [2.45, 2.75) is 38.8 Å². The van der Waals surface area contributed by atoms with Crippen molar-refractivity contribution in [3.63, 3.8) is 0 Å². The summed E-state index contributed by atoms with van der Waals surface area (Å²) in [7, 11) is 0. The van der Waals surface area contributed by atoms with E-state index in [-0.39, 0.29) is 23.8 Å². The van der Waals surface area contributed by atoms with Crippen LogP contribution in [0.3, 0.4) is 0 Å². The third-order valence-corrected chi connectivity index (χ3v) is 5.38. The maximum atomic E-state index is 13.0. The van der Waals surface area contributed by atoms with Gasteiger partial charge in [0, 0.05) is 17.6 Å². The molecule has 2 atom stereocenters. The van der Waals surface area contributed by atoms with Gasteiger partial charge in [0.05, 0.1) is 5.69 Å². The van der Waals surface area contributed by atoms with E-state index in [1.165, 1.54) is 23.5 Å². The van der Waals surface area contributed by atoms with E-state index in [4.69, 9.17) is 0 Å². The van der Waals surface area contributed by atoms with Gasteiger partial charge < -0.3 is 10.6 Å². The molecule has 1 aromatic heterocycles. The molecule has 2 unspecified atom stereocenters. The number of carbonyl (C=O) groups is 1. The van der Waals surface area contributed by atoms with E-state index in [2.05, 4.69) is 22.5 Å². The monoisotopic (exact) mass is 333 g/mol. The third-order valence-electron chi connectivity index (χ3n) is 4.17. The number of benzene rings is 1. The molecular weight excluding hydrogens is 313 g/mol. The lowest BCUT2D eigenvalue weighted by Gasteiger charge is -2.30. The van der Waals surface area contributed by atoms with Gasteiger partial charge in [-0.1, -0.05) is 0 Å². The van der Waals surface area contributed by atoms with Crippen LogP contribution in [0.2, 0.25) is 0 Å². The summed E-state index contributed by atoms with van der Waals surface area (Å²) in [5, 5.41) is 7.22. The summed E-state index contributed by atoms with van der Waals surface area (Å²) in [5.74, 6) is -0.354. The Morgan fingerprint density at radius 1 is 1.39 bits per heavy atom. The van der Waals surface area contributed by atoms with Crippen LogP contribution in [0.1, 0.15) is 35.1 Å². The summed E-state index contributed by atoms with van der Waals surface area (Å²) < 4.78 is 13.0. The normalized spacial score (nSPS) is 21.2. The number of aromatic nitrogens is 1. The van der Waals surface area contributed by atoms with Crippen LogP contribution >= 0.6 is 11.3 Å². The number of halogens is 1. The minimum Gasteiger partial charge on any atom is -0.347 e. The zero-order chi connectivity index (χ0) is 16.4. The molecule has 0 bridgehead atoms. The molecule has 0 aliphatic carbocycles. The number of piperidine rings is 1. The van der Waals surface area contributed by atoms with Gasteiger partial charge in [-0.05, 0) is 57.5 Å². The lowest BCUT2D eigenvalue weighted by Crippen LogP contribution is -2.51. The van der Waals surface area contributed by atoms with E-state index in [0.29, 0.717) is 10.6 Å². The van der Waals surface area contributed by atoms with Gasteiger partial charge in [-0.15, -0.1) is 11.3 Å². The molecule has 1 aromatic carbocycles. The van der Waals surface area contributed by atoms with Crippen molar-refractivity contribution >= 4 is 17.2 Å². The fourth-order valence-corrected chi connectivity index (χ4v) is 3.77. The van der Waals surface area contributed by atoms with Crippen molar-refractivity contribution in [1.82, 2.24) is 15.6 Å². The van der Waals surface area contributed by atoms with Crippen LogP contribution < -0.4 is 10.6 Å². The van der Waals surface area contributed by atoms with Gasteiger partial charge >= 0.3 is 0 Å². The molecule has 2 heterocycles. The molecule has 6 heteroatoms. The van der Waals surface area contributed by atoms with E-state index in [1.54, 1.807) is 12.1 Å². The molecule has 1 aliphatic heterocycles. The van der Waals surface area contributed by atoms with Crippen LogP contribution in [0.15, 0.2) is 24.3 Å². The van der Waals surface area contributed by atoms with Crippen molar-refractivity contribution in [3.05, 3.63) is 40.7 Å². The summed E-state index contributed by atoms with van der Waals surface area (Å²) in [6.45, 7) is 4.93. The third kappa shape index (κ3) is 3.59. The number of carbonyl (C=O) groups excluding carboxylic acids is 1. The molecule has 2 N–H and O–H groups in total. The van der Waals surface area contributed by atoms with Gasteiger partial charge in [-0.25, -0.2) is 9.37 Å². The second kappa shape index (κ2) is 6.76. The summed E-state index contributed by atoms with van der Waals surface area (Å²) in [6.07, 6.45) is 2.06. The van der Waals surface area contributed by atoms with Crippen LogP contribution in [0, 0.1) is 12.7 Å². The first-order valence-corrected chi connectivity index (χ1v) is 8.64. The van der Waals surface area contributed by atoms with Crippen molar-refractivity contribution < 1.29 is 9.18 Å². The number of nitrogens with zero attached hydrogens (tertiary/aromatic N) is 1. The van der Waals surface area contributed by atoms with Crippen molar-refractivity contribution in [3.8, 4) is 10.6 Å². The second-order valence-electron chi connectivity index (χ2n) is 5.91. The topological polar surface area (TPSA) is 54.0 Å². The number of thiazole rings is 1. The van der Waals surface area contributed by atoms with Gasteiger partial charge in [0.15, 0.2) is 0 Å². The zero-order valence-corrected chi connectivity index (χ0v) is 14.0. The zero-order valence-electron chi connectivity index (χ0n) is 13.2. The van der Waals surface area contributed by atoms with E-state index < -0.39 is 0 Å². The van der Waals surface area contributed by atoms with Crippen molar-refractivity contribution in [2.75, 3.05) is 6.54 Å². The quantitative estimate of drug-likeness (QED) is 0.907. The number of rotatable bonds is 3. The van der Waals surface area contributed by atoms with Gasteiger partial charge in [0.1, 0.15) is 15.7 Å². The Morgan fingerprint density at radius 3 is 2.83 bits per heavy atom. The fraction of sp³-hybridized carbons (Fsp3) is 0.412. The molecule has 4 nitrogen and oxygen atoms in total. The first kappa shape index (κ1) is 16.1. The minimum absolute atomic E-state index is 0.0751. The second-order valence-corrected chi connectivity index (χ2v) is 6.90. The van der Waals surface area contributed by atoms with E-state index in [1.807, 2.05) is 6.92 Å². The van der Waals surface area contributed by atoms with Gasteiger partial charge in [-0.3, -0.25) is 4.79 Å². The molecule has 1 saturated heterocycles. The average molecular weight is 333 g/mol. The standard InChI is InChI=1S/C17H20FN3OS/c1-10-14(4-3-9-19-10)21-16(22)15-11(2)20-17(23-15)12-5-7-13(18)8-6-12/h5-8,10,14,19H,3-4,9H2,1-2H3,(H,21,22). The molecule has 0 spiro atoms. The Hall–Kier alpha value is -1.79. The van der Waals surface area contributed by atoms with Gasteiger partial charge in [0.2, 0.25) is 0 Å². The Kier molecular flexibility index (Phi) is 4.73. The van der Waals surface area contributed by atoms with Gasteiger partial charge in [-0.2, -0.15) is 0 Å². The molecule has 3 rings (SSSR count). The van der Waals surface area contributed by atoms with Crippen LogP contribution in [0.25, 0.3) is 10.6 Å². The molecule has 2 aromatic rings. The highest BCUT2D eigenvalue weighted by Crippen LogP contribution is 2.28. The van der Waals surface area contributed by atoms with Crippen LogP contribution in [-0.4, -0.2) is 29.5 Å². The Balaban J connectivity index is 1.77. The predicted molar refractivity (Wildman–Crippen MR) is 90.2 cm³/mol. The molecule has 0 radical (unpaired) electrons. The SMILES string of the molecule is Cc1nc(-c2ccc(F)cc2)sc1C(=O)NC1CCCNC1C. The maximum absolute atomic E-state index is 13.0. The highest BCUT2D eigenvalue weighted by Gasteiger charge is 2.25. The van der Waals surface area contributed by atoms with Crippen LogP contribution in [0.5, 0.6) is 0 Å². The number of nitrogens with one attached hydrogen (secondary N) is 2. The summed E-state index contributed by atoms with van der Waals surface area (Å²) in [4.78, 5) is 17.6. The molecule has 1 fully saturated rings. The van der Waals surface area contributed by atoms with Crippen LogP contribution in [-0.2, 0) is 0 Å². The molecular formula is C17H20FN3OS. The molecule has 1 aliphatic rings. The largest absolute Gasteiger partial charge is 0.347 e. The number of hydrogen-bond acceptors (Lipinski definition) is 4. The molecule has 23 heavy (non-hydrogen) atoms. The van der Waals surface area contributed by atoms with E-state index in [0.717, 1.165) is 30.0 Å². The molecule has 122 valence electrons. The first-order valence-electron chi connectivity index (χ1n) is 7.82. The number of aryl methyl sites for hydroxylation is 1. The van der Waals surface area contributed by atoms with E-state index >= 15 is 0 Å². The average Bonchev–Trinajstić information content (AvgIpc) is 2.92. The Bertz CT molecular complexity index is 698. The summed E-state index contributed by atoms with van der Waals surface area (Å²) in [5.41, 5.74) is 1.54.